The minimum atomic E-state index is -0.270. The maximum Gasteiger partial charge on any atom is 0.209 e. The number of nitrogens with two attached hydrogens (primary N) is 1. The van der Waals surface area contributed by atoms with Crippen LogP contribution in [0.3, 0.4) is 0 Å². The number of carbonyl (C=O) groups is 1. The number of Topliss-reactive ketones (excluding diaryl/α,β-unsaturated/α-hetero) is 1. The molecule has 0 radical (unpaired) electrons. The van der Waals surface area contributed by atoms with E-state index in [0.29, 0.717) is 5.56 Å². The Morgan fingerprint density at radius 1 is 1.33 bits per heavy atom. The molecule has 0 bridgehead atoms. The molecule has 0 atom stereocenters. The number of ketones is 1. The summed E-state index contributed by atoms with van der Waals surface area (Å²) in [6.45, 7) is 3.41. The van der Waals surface area contributed by atoms with Crippen LogP contribution in [0.4, 0.5) is 0 Å². The summed E-state index contributed by atoms with van der Waals surface area (Å²) in [5, 5.41) is 0.921. The quantitative estimate of drug-likeness (QED) is 0.592. The lowest BCUT2D eigenvalue weighted by atomic mass is 10.1. The molecule has 2 aromatic rings. The number of allylic oxidation sites excluding steroid dienone is 1. The van der Waals surface area contributed by atoms with E-state index in [2.05, 4.69) is 11.6 Å². The van der Waals surface area contributed by atoms with Crippen molar-refractivity contribution in [2.24, 2.45) is 5.73 Å². The number of hydrogen-bond acceptors (Lipinski definition) is 3. The highest BCUT2D eigenvalue weighted by Gasteiger charge is 2.07. The first-order valence-electron chi connectivity index (χ1n) is 4.52. The molecule has 0 amide bonds. The summed E-state index contributed by atoms with van der Waals surface area (Å²) in [5.74, 6) is -0.270. The van der Waals surface area contributed by atoms with Gasteiger partial charge >= 0.3 is 0 Å². The number of benzene rings is 1. The normalized spacial score (nSPS) is 10.1. The smallest absolute Gasteiger partial charge is 0.209 e. The third-order valence-electron chi connectivity index (χ3n) is 2.14. The Hall–Kier alpha value is -2.16. The van der Waals surface area contributed by atoms with Crippen molar-refractivity contribution in [3.8, 4) is 0 Å². The van der Waals surface area contributed by atoms with Crippen LogP contribution < -0.4 is 5.73 Å². The first-order chi connectivity index (χ1) is 7.18. The average molecular weight is 198 g/mol. The SMILES string of the molecule is C=C(N)C(=O)c1cnc2ccccc2c1. The summed E-state index contributed by atoms with van der Waals surface area (Å²) in [6, 6.07) is 9.36. The zero-order valence-corrected chi connectivity index (χ0v) is 8.10. The van der Waals surface area contributed by atoms with Crippen molar-refractivity contribution in [3.05, 3.63) is 54.4 Å². The highest BCUT2D eigenvalue weighted by molar-refractivity contribution is 6.08. The molecule has 0 spiro atoms. The summed E-state index contributed by atoms with van der Waals surface area (Å²) in [6.07, 6.45) is 1.52. The Morgan fingerprint density at radius 2 is 2.07 bits per heavy atom. The van der Waals surface area contributed by atoms with Crippen molar-refractivity contribution in [2.75, 3.05) is 0 Å². The van der Waals surface area contributed by atoms with Crippen LogP contribution in [0.2, 0.25) is 0 Å². The second kappa shape index (κ2) is 3.53. The van der Waals surface area contributed by atoms with Crippen LogP contribution in [-0.2, 0) is 0 Å². The van der Waals surface area contributed by atoms with Crippen molar-refractivity contribution >= 4 is 16.7 Å². The number of hydrogen-bond donors (Lipinski definition) is 1. The van der Waals surface area contributed by atoms with E-state index in [-0.39, 0.29) is 11.5 Å². The van der Waals surface area contributed by atoms with Crippen LogP contribution in [0.15, 0.2) is 48.8 Å². The van der Waals surface area contributed by atoms with Gasteiger partial charge in [-0.15, -0.1) is 0 Å². The lowest BCUT2D eigenvalue weighted by molar-refractivity contribution is 0.103. The van der Waals surface area contributed by atoms with Crippen LogP contribution in [0.5, 0.6) is 0 Å². The molecule has 0 saturated carbocycles. The van der Waals surface area contributed by atoms with Crippen LogP contribution in [0.25, 0.3) is 10.9 Å². The number of aromatic nitrogens is 1. The fourth-order valence-corrected chi connectivity index (χ4v) is 1.38. The topological polar surface area (TPSA) is 56.0 Å². The van der Waals surface area contributed by atoms with E-state index >= 15 is 0 Å². The van der Waals surface area contributed by atoms with Crippen LogP contribution >= 0.6 is 0 Å². The fourth-order valence-electron chi connectivity index (χ4n) is 1.38. The number of nitrogens with zero attached hydrogens (tertiary/aromatic N) is 1. The second-order valence-corrected chi connectivity index (χ2v) is 3.27. The average Bonchev–Trinajstić information content (AvgIpc) is 2.27. The molecule has 0 unspecified atom stereocenters. The third kappa shape index (κ3) is 1.72. The molecule has 0 aliphatic rings. The molecule has 74 valence electrons. The summed E-state index contributed by atoms with van der Waals surface area (Å²) >= 11 is 0. The van der Waals surface area contributed by atoms with Crippen molar-refractivity contribution in [1.82, 2.24) is 4.98 Å². The van der Waals surface area contributed by atoms with E-state index in [9.17, 15) is 4.79 Å². The molecule has 0 saturated heterocycles. The lowest BCUT2D eigenvalue weighted by Gasteiger charge is -2.01. The Labute approximate surface area is 87.2 Å². The highest BCUT2D eigenvalue weighted by Crippen LogP contribution is 2.13. The molecule has 15 heavy (non-hydrogen) atoms. The van der Waals surface area contributed by atoms with Gasteiger partial charge in [-0.25, -0.2) is 0 Å². The maximum absolute atomic E-state index is 11.5. The van der Waals surface area contributed by atoms with Gasteiger partial charge in [-0.2, -0.15) is 0 Å². The van der Waals surface area contributed by atoms with Gasteiger partial charge in [0.05, 0.1) is 11.2 Å². The van der Waals surface area contributed by atoms with Crippen molar-refractivity contribution < 1.29 is 4.79 Å². The number of carbonyl (C=O) groups excluding carboxylic acids is 1. The molecule has 0 aliphatic heterocycles. The van der Waals surface area contributed by atoms with Gasteiger partial charge in [-0.05, 0) is 12.1 Å². The second-order valence-electron chi connectivity index (χ2n) is 3.27. The Balaban J connectivity index is 2.56. The molecular weight excluding hydrogens is 188 g/mol. The van der Waals surface area contributed by atoms with Crippen LogP contribution in [0.1, 0.15) is 10.4 Å². The monoisotopic (exact) mass is 198 g/mol. The number of pyridine rings is 1. The lowest BCUT2D eigenvalue weighted by Crippen LogP contribution is -2.10. The predicted molar refractivity (Wildman–Crippen MR) is 59.4 cm³/mol. The van der Waals surface area contributed by atoms with E-state index in [1.807, 2.05) is 24.3 Å². The predicted octanol–water partition coefficient (Wildman–Crippen LogP) is 1.89. The summed E-state index contributed by atoms with van der Waals surface area (Å²) in [4.78, 5) is 15.7. The molecule has 1 aromatic heterocycles. The molecule has 3 heteroatoms. The van der Waals surface area contributed by atoms with Crippen molar-refractivity contribution in [1.29, 1.82) is 0 Å². The summed E-state index contributed by atoms with van der Waals surface area (Å²) in [7, 11) is 0. The van der Waals surface area contributed by atoms with Gasteiger partial charge in [-0.1, -0.05) is 24.8 Å². The highest BCUT2D eigenvalue weighted by atomic mass is 16.1. The van der Waals surface area contributed by atoms with E-state index < -0.39 is 0 Å². The Kier molecular flexibility index (Phi) is 2.21. The van der Waals surface area contributed by atoms with E-state index in [1.54, 1.807) is 6.07 Å². The molecule has 2 rings (SSSR count). The zero-order chi connectivity index (χ0) is 10.8. The van der Waals surface area contributed by atoms with E-state index in [1.165, 1.54) is 6.20 Å². The third-order valence-corrected chi connectivity index (χ3v) is 2.14. The largest absolute Gasteiger partial charge is 0.396 e. The van der Waals surface area contributed by atoms with Gasteiger partial charge in [0.25, 0.3) is 0 Å². The van der Waals surface area contributed by atoms with Crippen molar-refractivity contribution in [3.63, 3.8) is 0 Å². The van der Waals surface area contributed by atoms with Gasteiger partial charge in [0.15, 0.2) is 0 Å². The molecule has 3 nitrogen and oxygen atoms in total. The Morgan fingerprint density at radius 3 is 2.80 bits per heavy atom. The van der Waals surface area contributed by atoms with Gasteiger partial charge in [0, 0.05) is 17.1 Å². The summed E-state index contributed by atoms with van der Waals surface area (Å²) < 4.78 is 0. The van der Waals surface area contributed by atoms with Crippen LogP contribution in [0, 0.1) is 0 Å². The number of para-hydroxylation sites is 1. The van der Waals surface area contributed by atoms with Gasteiger partial charge in [0.2, 0.25) is 5.78 Å². The fraction of sp³-hybridized carbons (Fsp3) is 0. The molecule has 0 fully saturated rings. The molecule has 2 N–H and O–H groups in total. The maximum atomic E-state index is 11.5. The van der Waals surface area contributed by atoms with Crippen LogP contribution in [-0.4, -0.2) is 10.8 Å². The molecule has 1 heterocycles. The van der Waals surface area contributed by atoms with Crippen molar-refractivity contribution in [2.45, 2.75) is 0 Å². The van der Waals surface area contributed by atoms with Gasteiger partial charge in [-0.3, -0.25) is 9.78 Å². The molecular formula is C12H10N2O. The number of fused-ring (bicyclic) bond motifs is 1. The van der Waals surface area contributed by atoms with E-state index in [4.69, 9.17) is 5.73 Å². The summed E-state index contributed by atoms with van der Waals surface area (Å²) in [5.41, 5.74) is 6.71. The van der Waals surface area contributed by atoms with Gasteiger partial charge < -0.3 is 5.73 Å². The first-order valence-corrected chi connectivity index (χ1v) is 4.52. The minimum absolute atomic E-state index is 0.0343. The Bertz CT molecular complexity index is 546. The first kappa shape index (κ1) is 9.40. The van der Waals surface area contributed by atoms with E-state index in [0.717, 1.165) is 10.9 Å². The standard InChI is InChI=1S/C12H10N2O/c1-8(13)12(15)10-6-9-4-2-3-5-11(9)14-7-10/h2-7H,1,13H2. The minimum Gasteiger partial charge on any atom is -0.396 e. The zero-order valence-electron chi connectivity index (χ0n) is 8.10. The molecule has 0 aliphatic carbocycles. The van der Waals surface area contributed by atoms with Gasteiger partial charge in [0.1, 0.15) is 0 Å². The number of rotatable bonds is 2. The molecule has 1 aromatic carbocycles.